The second-order valence-electron chi connectivity index (χ2n) is 6.25. The molecule has 24 heavy (non-hydrogen) atoms. The number of hydrogen-bond acceptors (Lipinski definition) is 5. The van der Waals surface area contributed by atoms with Crippen molar-refractivity contribution in [3.8, 4) is 0 Å². The number of ether oxygens (including phenoxy) is 1. The maximum absolute atomic E-state index is 12.5. The SMILES string of the molecule is CCN(CC)C(=O)c1cnc([C@H]2CCCCN2CCOC)nc1C. The van der Waals surface area contributed by atoms with Gasteiger partial charge in [-0.3, -0.25) is 9.69 Å². The third-order valence-electron chi connectivity index (χ3n) is 4.77. The van der Waals surface area contributed by atoms with Gasteiger partial charge in [-0.2, -0.15) is 0 Å². The average Bonchev–Trinajstić information content (AvgIpc) is 2.61. The molecule has 134 valence electrons. The molecule has 0 aliphatic carbocycles. The first-order chi connectivity index (χ1) is 11.6. The largest absolute Gasteiger partial charge is 0.383 e. The molecule has 0 bridgehead atoms. The van der Waals surface area contributed by atoms with Gasteiger partial charge in [-0.15, -0.1) is 0 Å². The Kier molecular flexibility index (Phi) is 7.12. The van der Waals surface area contributed by atoms with E-state index in [4.69, 9.17) is 4.74 Å². The quantitative estimate of drug-likeness (QED) is 0.766. The van der Waals surface area contributed by atoms with Crippen molar-refractivity contribution in [3.63, 3.8) is 0 Å². The summed E-state index contributed by atoms with van der Waals surface area (Å²) in [5.41, 5.74) is 1.39. The lowest BCUT2D eigenvalue weighted by molar-refractivity contribution is 0.0770. The van der Waals surface area contributed by atoms with E-state index < -0.39 is 0 Å². The van der Waals surface area contributed by atoms with E-state index in [2.05, 4.69) is 14.9 Å². The summed E-state index contributed by atoms with van der Waals surface area (Å²) in [5.74, 6) is 0.850. The predicted octanol–water partition coefficient (Wildman–Crippen LogP) is 2.44. The zero-order valence-electron chi connectivity index (χ0n) is 15.4. The van der Waals surface area contributed by atoms with E-state index in [1.54, 1.807) is 18.2 Å². The van der Waals surface area contributed by atoms with Crippen LogP contribution in [0.2, 0.25) is 0 Å². The minimum Gasteiger partial charge on any atom is -0.383 e. The van der Waals surface area contributed by atoms with Crippen molar-refractivity contribution in [3.05, 3.63) is 23.3 Å². The van der Waals surface area contributed by atoms with Crippen LogP contribution in [0.1, 0.15) is 61.0 Å². The van der Waals surface area contributed by atoms with Crippen LogP contribution in [0, 0.1) is 6.92 Å². The Morgan fingerprint density at radius 3 is 2.75 bits per heavy atom. The lowest BCUT2D eigenvalue weighted by Gasteiger charge is -2.34. The molecule has 1 aromatic heterocycles. The van der Waals surface area contributed by atoms with E-state index in [0.717, 1.165) is 31.0 Å². The number of aromatic nitrogens is 2. The Bertz CT molecular complexity index is 546. The molecule has 2 rings (SSSR count). The fourth-order valence-corrected chi connectivity index (χ4v) is 3.30. The van der Waals surface area contributed by atoms with E-state index in [9.17, 15) is 4.79 Å². The van der Waals surface area contributed by atoms with Gasteiger partial charge >= 0.3 is 0 Å². The summed E-state index contributed by atoms with van der Waals surface area (Å²) in [4.78, 5) is 26.0. The van der Waals surface area contributed by atoms with Crippen molar-refractivity contribution in [1.82, 2.24) is 19.8 Å². The zero-order chi connectivity index (χ0) is 17.5. The third kappa shape index (κ3) is 4.30. The van der Waals surface area contributed by atoms with E-state index in [-0.39, 0.29) is 11.9 Å². The summed E-state index contributed by atoms with van der Waals surface area (Å²) in [5, 5.41) is 0. The molecule has 0 spiro atoms. The summed E-state index contributed by atoms with van der Waals surface area (Å²) < 4.78 is 5.22. The Labute approximate surface area is 145 Å². The van der Waals surface area contributed by atoms with E-state index in [0.29, 0.717) is 25.3 Å². The second-order valence-corrected chi connectivity index (χ2v) is 6.25. The number of rotatable bonds is 7. The summed E-state index contributed by atoms with van der Waals surface area (Å²) in [6.07, 6.45) is 5.17. The second kappa shape index (κ2) is 9.08. The summed E-state index contributed by atoms with van der Waals surface area (Å²) in [6.45, 7) is 9.94. The number of nitrogens with zero attached hydrogens (tertiary/aromatic N) is 4. The van der Waals surface area contributed by atoms with Crippen molar-refractivity contribution < 1.29 is 9.53 Å². The van der Waals surface area contributed by atoms with Gasteiger partial charge in [-0.1, -0.05) is 6.42 Å². The molecule has 1 atom stereocenters. The summed E-state index contributed by atoms with van der Waals surface area (Å²) in [6, 6.07) is 0.227. The lowest BCUT2D eigenvalue weighted by Crippen LogP contribution is -2.37. The molecule has 1 saturated heterocycles. The molecule has 1 aromatic rings. The van der Waals surface area contributed by atoms with Gasteiger partial charge in [0.1, 0.15) is 5.82 Å². The molecule has 6 nitrogen and oxygen atoms in total. The highest BCUT2D eigenvalue weighted by Gasteiger charge is 2.27. The van der Waals surface area contributed by atoms with Crippen molar-refractivity contribution in [1.29, 1.82) is 0 Å². The molecule has 1 aliphatic rings. The van der Waals surface area contributed by atoms with Crippen molar-refractivity contribution >= 4 is 5.91 Å². The van der Waals surface area contributed by atoms with Gasteiger partial charge < -0.3 is 9.64 Å². The maximum Gasteiger partial charge on any atom is 0.257 e. The lowest BCUT2D eigenvalue weighted by atomic mass is 10.0. The fraction of sp³-hybridized carbons (Fsp3) is 0.722. The van der Waals surface area contributed by atoms with Crippen molar-refractivity contribution in [2.45, 2.75) is 46.1 Å². The Morgan fingerprint density at radius 1 is 1.38 bits per heavy atom. The van der Waals surface area contributed by atoms with E-state index in [1.165, 1.54) is 12.8 Å². The Hall–Kier alpha value is -1.53. The van der Waals surface area contributed by atoms with Gasteiger partial charge in [0.05, 0.1) is 23.9 Å². The van der Waals surface area contributed by atoms with Crippen LogP contribution in [-0.2, 0) is 4.74 Å². The molecule has 1 fully saturated rings. The normalized spacial score (nSPS) is 18.6. The topological polar surface area (TPSA) is 58.6 Å². The van der Waals surface area contributed by atoms with Crippen LogP contribution in [0.3, 0.4) is 0 Å². The highest BCUT2D eigenvalue weighted by molar-refractivity contribution is 5.94. The van der Waals surface area contributed by atoms with Crippen LogP contribution >= 0.6 is 0 Å². The molecule has 1 aliphatic heterocycles. The highest BCUT2D eigenvalue weighted by Crippen LogP contribution is 2.28. The predicted molar refractivity (Wildman–Crippen MR) is 94.1 cm³/mol. The van der Waals surface area contributed by atoms with Crippen LogP contribution < -0.4 is 0 Å². The number of carbonyl (C=O) groups is 1. The minimum absolute atomic E-state index is 0.0175. The smallest absolute Gasteiger partial charge is 0.257 e. The number of likely N-dealkylation sites (tertiary alicyclic amines) is 1. The molecule has 0 aromatic carbocycles. The van der Waals surface area contributed by atoms with Gasteiger partial charge in [0, 0.05) is 32.9 Å². The highest BCUT2D eigenvalue weighted by atomic mass is 16.5. The standard InChI is InChI=1S/C18H30N4O2/c1-5-21(6-2)18(23)15-13-19-17(20-14(15)3)16-9-7-8-10-22(16)11-12-24-4/h13,16H,5-12H2,1-4H3/t16-/m1/s1. The van der Waals surface area contributed by atoms with Gasteiger partial charge in [0.2, 0.25) is 0 Å². The molecule has 0 unspecified atom stereocenters. The number of amides is 1. The number of methoxy groups -OCH3 is 1. The molecule has 0 N–H and O–H groups in total. The molecular formula is C18H30N4O2. The Balaban J connectivity index is 2.19. The van der Waals surface area contributed by atoms with Gasteiger partial charge in [0.25, 0.3) is 5.91 Å². The van der Waals surface area contributed by atoms with Crippen LogP contribution in [-0.4, -0.2) is 65.6 Å². The minimum atomic E-state index is 0.0175. The first-order valence-corrected chi connectivity index (χ1v) is 8.98. The van der Waals surface area contributed by atoms with Crippen LogP contribution in [0.5, 0.6) is 0 Å². The summed E-state index contributed by atoms with van der Waals surface area (Å²) in [7, 11) is 1.73. The van der Waals surface area contributed by atoms with Crippen LogP contribution in [0.15, 0.2) is 6.20 Å². The van der Waals surface area contributed by atoms with Crippen LogP contribution in [0.4, 0.5) is 0 Å². The first kappa shape index (κ1) is 18.8. The molecular weight excluding hydrogens is 304 g/mol. The monoisotopic (exact) mass is 334 g/mol. The van der Waals surface area contributed by atoms with E-state index in [1.807, 2.05) is 20.8 Å². The van der Waals surface area contributed by atoms with E-state index >= 15 is 0 Å². The fourth-order valence-electron chi connectivity index (χ4n) is 3.30. The number of aryl methyl sites for hydroxylation is 1. The molecule has 0 saturated carbocycles. The Morgan fingerprint density at radius 2 is 2.12 bits per heavy atom. The first-order valence-electron chi connectivity index (χ1n) is 8.98. The van der Waals surface area contributed by atoms with Crippen molar-refractivity contribution in [2.75, 3.05) is 39.9 Å². The van der Waals surface area contributed by atoms with Gasteiger partial charge in [-0.05, 0) is 40.2 Å². The number of hydrogen-bond donors (Lipinski definition) is 0. The molecule has 6 heteroatoms. The molecule has 0 radical (unpaired) electrons. The third-order valence-corrected chi connectivity index (χ3v) is 4.77. The maximum atomic E-state index is 12.5. The zero-order valence-corrected chi connectivity index (χ0v) is 15.4. The average molecular weight is 334 g/mol. The molecule has 1 amide bonds. The number of piperidine rings is 1. The summed E-state index contributed by atoms with van der Waals surface area (Å²) >= 11 is 0. The van der Waals surface area contributed by atoms with Crippen molar-refractivity contribution in [2.24, 2.45) is 0 Å². The molecule has 2 heterocycles. The van der Waals surface area contributed by atoms with Gasteiger partial charge in [-0.25, -0.2) is 9.97 Å². The number of carbonyl (C=O) groups excluding carboxylic acids is 1. The van der Waals surface area contributed by atoms with Crippen LogP contribution in [0.25, 0.3) is 0 Å². The van der Waals surface area contributed by atoms with Gasteiger partial charge in [0.15, 0.2) is 0 Å².